The Morgan fingerprint density at radius 3 is 2.53 bits per heavy atom. The molecule has 0 unspecified atom stereocenters. The minimum absolute atomic E-state index is 0.000526. The van der Waals surface area contributed by atoms with Crippen LogP contribution in [-0.2, 0) is 9.53 Å². The largest absolute Gasteiger partial charge is 0.486 e. The van der Waals surface area contributed by atoms with E-state index in [2.05, 4.69) is 4.74 Å². The van der Waals surface area contributed by atoms with E-state index in [0.29, 0.717) is 0 Å². The van der Waals surface area contributed by atoms with Gasteiger partial charge >= 0.3 is 0 Å². The van der Waals surface area contributed by atoms with Crippen molar-refractivity contribution in [1.82, 2.24) is 0 Å². The molecule has 5 heteroatoms. The van der Waals surface area contributed by atoms with Crippen molar-refractivity contribution in [1.29, 1.82) is 0 Å². The summed E-state index contributed by atoms with van der Waals surface area (Å²) in [5.74, 6) is -1.06. The molecule has 0 aliphatic carbocycles. The van der Waals surface area contributed by atoms with E-state index in [1.54, 1.807) is 0 Å². The lowest BCUT2D eigenvalue weighted by molar-refractivity contribution is -0.124. The predicted octanol–water partition coefficient (Wildman–Crippen LogP) is 1.62. The number of carbonyl (C=O) groups is 2. The Bertz CT molecular complexity index is 429. The van der Waals surface area contributed by atoms with E-state index >= 15 is 0 Å². The van der Waals surface area contributed by atoms with Crippen LogP contribution in [0.1, 0.15) is 17.3 Å². The van der Waals surface area contributed by atoms with E-state index in [0.717, 1.165) is 6.07 Å². The third-order valence-corrected chi connectivity index (χ3v) is 2.02. The Labute approximate surface area is 98.3 Å². The second-order valence-electron chi connectivity index (χ2n) is 3.46. The summed E-state index contributed by atoms with van der Waals surface area (Å²) in [7, 11) is 1.40. The number of benzene rings is 1. The molecule has 1 aromatic rings. The minimum atomic E-state index is -0.658. The fourth-order valence-electron chi connectivity index (χ4n) is 1.24. The Balaban J connectivity index is 2.65. The third kappa shape index (κ3) is 3.96. The summed E-state index contributed by atoms with van der Waals surface area (Å²) in [4.78, 5) is 22.1. The van der Waals surface area contributed by atoms with Gasteiger partial charge in [0.2, 0.25) is 0 Å². The molecule has 0 amide bonds. The number of rotatable bonds is 6. The van der Waals surface area contributed by atoms with Crippen LogP contribution in [0.15, 0.2) is 18.2 Å². The molecule has 92 valence electrons. The maximum atomic E-state index is 13.4. The normalized spacial score (nSPS) is 10.1. The number of carbonyl (C=O) groups excluding carboxylic acids is 2. The molecule has 0 heterocycles. The zero-order valence-electron chi connectivity index (χ0n) is 9.66. The van der Waals surface area contributed by atoms with Gasteiger partial charge in [-0.2, -0.15) is 0 Å². The summed E-state index contributed by atoms with van der Waals surface area (Å²) in [6, 6.07) is 3.85. The molecule has 0 fully saturated rings. The van der Waals surface area contributed by atoms with Crippen LogP contribution in [0.3, 0.4) is 0 Å². The quantitative estimate of drug-likeness (QED) is 0.709. The smallest absolute Gasteiger partial charge is 0.195 e. The van der Waals surface area contributed by atoms with Gasteiger partial charge in [0.1, 0.15) is 24.8 Å². The number of halogens is 1. The van der Waals surface area contributed by atoms with Gasteiger partial charge in [0.15, 0.2) is 11.6 Å². The molecule has 1 aromatic carbocycles. The molecular weight excluding hydrogens is 227 g/mol. The van der Waals surface area contributed by atoms with Crippen LogP contribution in [0.25, 0.3) is 0 Å². The molecule has 0 saturated carbocycles. The zero-order chi connectivity index (χ0) is 12.8. The molecule has 0 radical (unpaired) electrons. The average Bonchev–Trinajstić information content (AvgIpc) is 2.26. The van der Waals surface area contributed by atoms with Crippen LogP contribution in [-0.4, -0.2) is 31.9 Å². The van der Waals surface area contributed by atoms with Gasteiger partial charge in [-0.3, -0.25) is 9.59 Å². The number of ketones is 2. The van der Waals surface area contributed by atoms with Gasteiger partial charge in [0.25, 0.3) is 0 Å². The zero-order valence-corrected chi connectivity index (χ0v) is 9.66. The maximum absolute atomic E-state index is 13.4. The van der Waals surface area contributed by atoms with Gasteiger partial charge in [-0.15, -0.1) is 0 Å². The van der Waals surface area contributed by atoms with E-state index in [-0.39, 0.29) is 36.1 Å². The molecule has 0 spiro atoms. The molecule has 0 aliphatic heterocycles. The molecule has 0 atom stereocenters. The Kier molecular flexibility index (Phi) is 4.78. The van der Waals surface area contributed by atoms with Crippen molar-refractivity contribution in [3.63, 3.8) is 0 Å². The lowest BCUT2D eigenvalue weighted by atomic mass is 10.1. The molecule has 17 heavy (non-hydrogen) atoms. The van der Waals surface area contributed by atoms with Crippen LogP contribution in [0.4, 0.5) is 4.39 Å². The van der Waals surface area contributed by atoms with Crippen molar-refractivity contribution in [2.24, 2.45) is 0 Å². The molecular formula is C12H13FO4. The monoisotopic (exact) mass is 240 g/mol. The number of hydrogen-bond donors (Lipinski definition) is 0. The molecule has 0 aromatic heterocycles. The Hall–Kier alpha value is -1.75. The molecule has 4 nitrogen and oxygen atoms in total. The van der Waals surface area contributed by atoms with Crippen molar-refractivity contribution in [3.8, 4) is 5.75 Å². The average molecular weight is 240 g/mol. The summed E-state index contributed by atoms with van der Waals surface area (Å²) in [6.07, 6.45) is 0. The first-order valence-corrected chi connectivity index (χ1v) is 4.98. The van der Waals surface area contributed by atoms with Crippen molar-refractivity contribution in [3.05, 3.63) is 29.6 Å². The summed E-state index contributed by atoms with van der Waals surface area (Å²) >= 11 is 0. The van der Waals surface area contributed by atoms with Crippen LogP contribution >= 0.6 is 0 Å². The standard InChI is InChI=1S/C12H13FO4/c1-8(14)11-4-3-10(5-12(11)13)17-7-9(15)6-16-2/h3-5H,6-7H2,1-2H3. The topological polar surface area (TPSA) is 52.6 Å². The van der Waals surface area contributed by atoms with Crippen LogP contribution in [0.2, 0.25) is 0 Å². The molecule has 0 aliphatic rings. The second kappa shape index (κ2) is 6.10. The summed E-state index contributed by atoms with van der Waals surface area (Å²) < 4.78 is 23.0. The number of methoxy groups -OCH3 is 1. The molecule has 0 bridgehead atoms. The van der Waals surface area contributed by atoms with Crippen LogP contribution < -0.4 is 4.74 Å². The summed E-state index contributed by atoms with van der Waals surface area (Å²) in [5, 5.41) is 0. The van der Waals surface area contributed by atoms with E-state index in [1.807, 2.05) is 0 Å². The summed E-state index contributed by atoms with van der Waals surface area (Å²) in [5.41, 5.74) is 0.000526. The highest BCUT2D eigenvalue weighted by atomic mass is 19.1. The SMILES string of the molecule is COCC(=O)COc1ccc(C(C)=O)c(F)c1. The highest BCUT2D eigenvalue weighted by Crippen LogP contribution is 2.17. The lowest BCUT2D eigenvalue weighted by Crippen LogP contribution is -2.16. The van der Waals surface area contributed by atoms with Gasteiger partial charge in [-0.25, -0.2) is 4.39 Å². The van der Waals surface area contributed by atoms with Gasteiger partial charge < -0.3 is 9.47 Å². The van der Waals surface area contributed by atoms with E-state index in [4.69, 9.17) is 4.74 Å². The number of hydrogen-bond acceptors (Lipinski definition) is 4. The Morgan fingerprint density at radius 2 is 2.00 bits per heavy atom. The van der Waals surface area contributed by atoms with E-state index < -0.39 is 5.82 Å². The van der Waals surface area contributed by atoms with E-state index in [9.17, 15) is 14.0 Å². The minimum Gasteiger partial charge on any atom is -0.486 e. The number of ether oxygens (including phenoxy) is 2. The van der Waals surface area contributed by atoms with Gasteiger partial charge in [-0.05, 0) is 19.1 Å². The van der Waals surface area contributed by atoms with Crippen molar-refractivity contribution < 1.29 is 23.5 Å². The molecule has 1 rings (SSSR count). The highest BCUT2D eigenvalue weighted by molar-refractivity contribution is 5.94. The fraction of sp³-hybridized carbons (Fsp3) is 0.333. The Morgan fingerprint density at radius 1 is 1.29 bits per heavy atom. The predicted molar refractivity (Wildman–Crippen MR) is 58.8 cm³/mol. The highest BCUT2D eigenvalue weighted by Gasteiger charge is 2.09. The number of Topliss-reactive ketones (excluding diaryl/α,β-unsaturated/α-hetero) is 2. The molecule has 0 saturated heterocycles. The maximum Gasteiger partial charge on any atom is 0.195 e. The van der Waals surface area contributed by atoms with Gasteiger partial charge in [0, 0.05) is 13.2 Å². The fourth-order valence-corrected chi connectivity index (χ4v) is 1.24. The van der Waals surface area contributed by atoms with Gasteiger partial charge in [-0.1, -0.05) is 0 Å². The first-order valence-electron chi connectivity index (χ1n) is 4.98. The van der Waals surface area contributed by atoms with E-state index in [1.165, 1.54) is 26.2 Å². The third-order valence-electron chi connectivity index (χ3n) is 2.02. The molecule has 0 N–H and O–H groups in total. The van der Waals surface area contributed by atoms with Gasteiger partial charge in [0.05, 0.1) is 5.56 Å². The van der Waals surface area contributed by atoms with Crippen molar-refractivity contribution in [2.45, 2.75) is 6.92 Å². The lowest BCUT2D eigenvalue weighted by Gasteiger charge is -2.06. The van der Waals surface area contributed by atoms with Crippen LogP contribution in [0, 0.1) is 5.82 Å². The first kappa shape index (κ1) is 13.3. The van der Waals surface area contributed by atoms with Crippen molar-refractivity contribution >= 4 is 11.6 Å². The van der Waals surface area contributed by atoms with Crippen LogP contribution in [0.5, 0.6) is 5.75 Å². The second-order valence-corrected chi connectivity index (χ2v) is 3.46. The first-order chi connectivity index (χ1) is 8.04. The van der Waals surface area contributed by atoms with Crippen molar-refractivity contribution in [2.75, 3.05) is 20.3 Å². The summed E-state index contributed by atoms with van der Waals surface area (Å²) in [6.45, 7) is 1.04.